The molecule has 0 aliphatic rings. The topological polar surface area (TPSA) is 30.7 Å². The van der Waals surface area contributed by atoms with Crippen LogP contribution in [0.3, 0.4) is 0 Å². The number of benzene rings is 1. The summed E-state index contributed by atoms with van der Waals surface area (Å²) in [6, 6.07) is 8.83. The number of para-hydroxylation sites is 1. The monoisotopic (exact) mass is 461 g/mol. The summed E-state index contributed by atoms with van der Waals surface area (Å²) in [5.41, 5.74) is 7.35. The van der Waals surface area contributed by atoms with Crippen LogP contribution in [0, 0.1) is 6.92 Å². The van der Waals surface area contributed by atoms with Gasteiger partial charge >= 0.3 is 0 Å². The SMILES string of the molecule is CCCCC.Cc1cn(-c2c(C(C)(C)C)cccc2C(C)(C)C)c(-c2cnccc2C(C)C)n1. The van der Waals surface area contributed by atoms with E-state index in [1.54, 1.807) is 0 Å². The fraction of sp³-hybridized carbons (Fsp3) is 0.548. The second-order valence-electron chi connectivity index (χ2n) is 11.7. The molecule has 0 radical (unpaired) electrons. The Morgan fingerprint density at radius 2 is 1.44 bits per heavy atom. The lowest BCUT2D eigenvalue weighted by Gasteiger charge is -2.31. The number of unbranched alkanes of at least 4 members (excludes halogenated alkanes) is 2. The lowest BCUT2D eigenvalue weighted by Crippen LogP contribution is -2.22. The number of pyridine rings is 1. The van der Waals surface area contributed by atoms with E-state index >= 15 is 0 Å². The average molecular weight is 462 g/mol. The Labute approximate surface area is 209 Å². The predicted molar refractivity (Wildman–Crippen MR) is 148 cm³/mol. The van der Waals surface area contributed by atoms with E-state index in [0.29, 0.717) is 5.92 Å². The Bertz CT molecular complexity index is 1020. The molecule has 0 saturated carbocycles. The molecule has 3 aromatic rings. The highest BCUT2D eigenvalue weighted by molar-refractivity contribution is 5.66. The standard InChI is InChI=1S/C26H35N3.C5H12/c1-17(2)19-13-14-27-15-20(19)24-28-18(3)16-29(24)23-21(25(4,5)6)11-10-12-22(23)26(7,8)9;1-3-5-4-2/h10-17H,1-9H3;3-5H2,1-2H3. The first-order valence-electron chi connectivity index (χ1n) is 13.0. The number of nitrogens with zero attached hydrogens (tertiary/aromatic N) is 3. The van der Waals surface area contributed by atoms with E-state index < -0.39 is 0 Å². The van der Waals surface area contributed by atoms with Gasteiger partial charge < -0.3 is 0 Å². The van der Waals surface area contributed by atoms with Gasteiger partial charge in [0.15, 0.2) is 0 Å². The van der Waals surface area contributed by atoms with E-state index in [1.165, 1.54) is 41.6 Å². The van der Waals surface area contributed by atoms with E-state index in [4.69, 9.17) is 4.98 Å². The zero-order valence-corrected chi connectivity index (χ0v) is 23.6. The van der Waals surface area contributed by atoms with Gasteiger partial charge in [-0.1, -0.05) is 107 Å². The van der Waals surface area contributed by atoms with Gasteiger partial charge in [0.1, 0.15) is 5.82 Å². The third-order valence-electron chi connectivity index (χ3n) is 6.14. The lowest BCUT2D eigenvalue weighted by atomic mass is 9.78. The van der Waals surface area contributed by atoms with Gasteiger partial charge in [0.05, 0.1) is 11.4 Å². The lowest BCUT2D eigenvalue weighted by molar-refractivity contribution is 0.562. The molecule has 3 heteroatoms. The molecule has 0 N–H and O–H groups in total. The van der Waals surface area contributed by atoms with Gasteiger partial charge in [-0.25, -0.2) is 4.98 Å². The normalized spacial score (nSPS) is 12.0. The van der Waals surface area contributed by atoms with Crippen LogP contribution in [-0.4, -0.2) is 14.5 Å². The molecule has 2 aromatic heterocycles. The first kappa shape index (κ1) is 27.8. The molecule has 0 saturated heterocycles. The van der Waals surface area contributed by atoms with E-state index in [9.17, 15) is 0 Å². The highest BCUT2D eigenvalue weighted by Crippen LogP contribution is 2.39. The van der Waals surface area contributed by atoms with Crippen molar-refractivity contribution in [2.24, 2.45) is 0 Å². The Hall–Kier alpha value is -2.42. The Balaban J connectivity index is 0.000000739. The second-order valence-corrected chi connectivity index (χ2v) is 11.7. The summed E-state index contributed by atoms with van der Waals surface area (Å²) in [6.07, 6.45) is 10.1. The van der Waals surface area contributed by atoms with E-state index in [0.717, 1.165) is 17.1 Å². The third-order valence-corrected chi connectivity index (χ3v) is 6.14. The summed E-state index contributed by atoms with van der Waals surface area (Å²) in [6.45, 7) is 24.6. The number of rotatable bonds is 5. The molecule has 0 aliphatic heterocycles. The molecule has 3 rings (SSSR count). The zero-order valence-electron chi connectivity index (χ0n) is 23.6. The largest absolute Gasteiger partial charge is 0.299 e. The fourth-order valence-corrected chi connectivity index (χ4v) is 4.32. The molecular weight excluding hydrogens is 414 g/mol. The number of hydrogen-bond acceptors (Lipinski definition) is 2. The highest BCUT2D eigenvalue weighted by Gasteiger charge is 2.28. The van der Waals surface area contributed by atoms with Crippen LogP contribution in [0.2, 0.25) is 0 Å². The van der Waals surface area contributed by atoms with Gasteiger partial charge in [0.25, 0.3) is 0 Å². The summed E-state index contributed by atoms with van der Waals surface area (Å²) in [7, 11) is 0. The van der Waals surface area contributed by atoms with Crippen LogP contribution < -0.4 is 0 Å². The summed E-state index contributed by atoms with van der Waals surface area (Å²) in [5.74, 6) is 1.37. The molecule has 0 atom stereocenters. The molecule has 0 bridgehead atoms. The first-order valence-corrected chi connectivity index (χ1v) is 13.0. The smallest absolute Gasteiger partial charge is 0.146 e. The number of aryl methyl sites for hydroxylation is 1. The number of aromatic nitrogens is 3. The van der Waals surface area contributed by atoms with Crippen molar-refractivity contribution in [3.05, 3.63) is 65.2 Å². The Kier molecular flexibility index (Phi) is 9.28. The molecule has 186 valence electrons. The van der Waals surface area contributed by atoms with Crippen molar-refractivity contribution in [1.82, 2.24) is 14.5 Å². The van der Waals surface area contributed by atoms with Crippen molar-refractivity contribution >= 4 is 0 Å². The molecular formula is C31H47N3. The molecule has 0 amide bonds. The van der Waals surface area contributed by atoms with Crippen molar-refractivity contribution in [3.8, 4) is 17.1 Å². The molecule has 0 spiro atoms. The molecule has 3 nitrogen and oxygen atoms in total. The minimum atomic E-state index is 0.0157. The summed E-state index contributed by atoms with van der Waals surface area (Å²) >= 11 is 0. The summed E-state index contributed by atoms with van der Waals surface area (Å²) in [4.78, 5) is 9.41. The molecule has 0 unspecified atom stereocenters. The van der Waals surface area contributed by atoms with Gasteiger partial charge in [0, 0.05) is 24.2 Å². The van der Waals surface area contributed by atoms with Crippen molar-refractivity contribution in [2.75, 3.05) is 0 Å². The predicted octanol–water partition coefficient (Wildman–Crippen LogP) is 9.16. The van der Waals surface area contributed by atoms with E-state index in [2.05, 4.69) is 116 Å². The minimum Gasteiger partial charge on any atom is -0.299 e. The molecule has 1 aromatic carbocycles. The zero-order chi connectivity index (χ0) is 25.7. The van der Waals surface area contributed by atoms with Crippen LogP contribution in [0.1, 0.15) is 117 Å². The van der Waals surface area contributed by atoms with Crippen molar-refractivity contribution in [1.29, 1.82) is 0 Å². The molecule has 34 heavy (non-hydrogen) atoms. The van der Waals surface area contributed by atoms with Gasteiger partial charge in [-0.15, -0.1) is 0 Å². The van der Waals surface area contributed by atoms with E-state index in [-0.39, 0.29) is 10.8 Å². The van der Waals surface area contributed by atoms with Crippen LogP contribution in [0.4, 0.5) is 0 Å². The minimum absolute atomic E-state index is 0.0157. The van der Waals surface area contributed by atoms with Gasteiger partial charge in [-0.2, -0.15) is 0 Å². The van der Waals surface area contributed by atoms with Crippen LogP contribution in [-0.2, 0) is 10.8 Å². The molecule has 0 fully saturated rings. The molecule has 2 heterocycles. The highest BCUT2D eigenvalue weighted by atomic mass is 15.1. The van der Waals surface area contributed by atoms with Gasteiger partial charge in [-0.3, -0.25) is 9.55 Å². The van der Waals surface area contributed by atoms with E-state index in [1.807, 2.05) is 12.4 Å². The molecule has 0 aliphatic carbocycles. The summed E-state index contributed by atoms with van der Waals surface area (Å²) in [5, 5.41) is 0. The van der Waals surface area contributed by atoms with Crippen molar-refractivity contribution < 1.29 is 0 Å². The maximum atomic E-state index is 4.97. The van der Waals surface area contributed by atoms with Gasteiger partial charge in [-0.05, 0) is 46.4 Å². The van der Waals surface area contributed by atoms with Crippen LogP contribution in [0.5, 0.6) is 0 Å². The van der Waals surface area contributed by atoms with Crippen LogP contribution >= 0.6 is 0 Å². The van der Waals surface area contributed by atoms with Crippen LogP contribution in [0.25, 0.3) is 17.1 Å². The summed E-state index contributed by atoms with van der Waals surface area (Å²) < 4.78 is 2.30. The second kappa shape index (κ2) is 11.3. The quantitative estimate of drug-likeness (QED) is 0.379. The Morgan fingerprint density at radius 3 is 1.88 bits per heavy atom. The van der Waals surface area contributed by atoms with Crippen molar-refractivity contribution in [3.63, 3.8) is 0 Å². The third kappa shape index (κ3) is 6.58. The maximum absolute atomic E-state index is 4.97. The number of imidazole rings is 1. The fourth-order valence-electron chi connectivity index (χ4n) is 4.32. The van der Waals surface area contributed by atoms with Crippen molar-refractivity contribution in [2.45, 2.75) is 112 Å². The first-order chi connectivity index (χ1) is 15.8. The average Bonchev–Trinajstić information content (AvgIpc) is 3.14. The Morgan fingerprint density at radius 1 is 0.882 bits per heavy atom. The van der Waals surface area contributed by atoms with Gasteiger partial charge in [0.2, 0.25) is 0 Å². The number of hydrogen-bond donors (Lipinski definition) is 0. The maximum Gasteiger partial charge on any atom is 0.146 e. The van der Waals surface area contributed by atoms with Crippen LogP contribution in [0.15, 0.2) is 42.9 Å².